The quantitative estimate of drug-likeness (QED) is 0.464. The number of amides is 1. The molecule has 1 aliphatic heterocycles. The van der Waals surface area contributed by atoms with Gasteiger partial charge in [0.25, 0.3) is 5.91 Å². The van der Waals surface area contributed by atoms with Crippen LogP contribution in [0.4, 0.5) is 0 Å². The van der Waals surface area contributed by atoms with Crippen LogP contribution in [0.25, 0.3) is 0 Å². The van der Waals surface area contributed by atoms with Gasteiger partial charge >= 0.3 is 0 Å². The molecule has 0 fully saturated rings. The lowest BCUT2D eigenvalue weighted by molar-refractivity contribution is -0.130. The molecular formula is C21H23NO7. The molecule has 8 heteroatoms. The van der Waals surface area contributed by atoms with Crippen LogP contribution >= 0.6 is 0 Å². The molecule has 0 saturated carbocycles. The van der Waals surface area contributed by atoms with Crippen LogP contribution < -0.4 is 4.74 Å². The second-order valence-corrected chi connectivity index (χ2v) is 6.31. The molecule has 0 unspecified atom stereocenters. The first-order chi connectivity index (χ1) is 14.1. The Morgan fingerprint density at radius 2 is 1.97 bits per heavy atom. The number of hydrogen-bond donors (Lipinski definition) is 2. The number of aliphatic hydroxyl groups is 2. The summed E-state index contributed by atoms with van der Waals surface area (Å²) in [6, 6.07) is 9.23. The Labute approximate surface area is 168 Å². The molecule has 2 heterocycles. The third kappa shape index (κ3) is 4.33. The largest absolute Gasteiger partial charge is 0.503 e. The number of rotatable bonds is 10. The molecule has 1 aromatic heterocycles. The molecular weight excluding hydrogens is 378 g/mol. The molecule has 2 aromatic rings. The van der Waals surface area contributed by atoms with Crippen molar-refractivity contribution in [2.75, 3.05) is 33.0 Å². The number of carbonyl (C=O) groups excluding carboxylic acids is 2. The SMILES string of the molecule is CCOc1ccc([C@H]2C(C(=O)c3ccco3)=C(O)C(=O)N2CCOCCO)cc1. The van der Waals surface area contributed by atoms with Crippen LogP contribution in [-0.2, 0) is 9.53 Å². The van der Waals surface area contributed by atoms with E-state index in [4.69, 9.17) is 19.0 Å². The van der Waals surface area contributed by atoms with E-state index in [2.05, 4.69) is 0 Å². The molecule has 1 amide bonds. The lowest BCUT2D eigenvalue weighted by Crippen LogP contribution is -2.34. The Bertz CT molecular complexity index is 871. The summed E-state index contributed by atoms with van der Waals surface area (Å²) < 4.78 is 15.9. The summed E-state index contributed by atoms with van der Waals surface area (Å²) in [5, 5.41) is 19.3. The van der Waals surface area contributed by atoms with Gasteiger partial charge in [-0.3, -0.25) is 9.59 Å². The summed E-state index contributed by atoms with van der Waals surface area (Å²) >= 11 is 0. The van der Waals surface area contributed by atoms with Crippen LogP contribution in [0, 0.1) is 0 Å². The average molecular weight is 401 g/mol. The second kappa shape index (κ2) is 9.40. The van der Waals surface area contributed by atoms with E-state index in [1.165, 1.54) is 17.2 Å². The fourth-order valence-corrected chi connectivity index (χ4v) is 3.25. The number of benzene rings is 1. The minimum absolute atomic E-state index is 0.0358. The average Bonchev–Trinajstić information content (AvgIpc) is 3.34. The number of furan rings is 1. The summed E-state index contributed by atoms with van der Waals surface area (Å²) in [4.78, 5) is 27.0. The van der Waals surface area contributed by atoms with E-state index in [1.807, 2.05) is 6.92 Å². The van der Waals surface area contributed by atoms with Crippen molar-refractivity contribution >= 4 is 11.7 Å². The molecule has 1 atom stereocenters. The number of aliphatic hydroxyl groups excluding tert-OH is 2. The van der Waals surface area contributed by atoms with Crippen molar-refractivity contribution in [1.82, 2.24) is 4.90 Å². The first-order valence-corrected chi connectivity index (χ1v) is 9.32. The molecule has 0 radical (unpaired) electrons. The summed E-state index contributed by atoms with van der Waals surface area (Å²) in [7, 11) is 0. The molecule has 8 nitrogen and oxygen atoms in total. The highest BCUT2D eigenvalue weighted by molar-refractivity contribution is 6.15. The summed E-state index contributed by atoms with van der Waals surface area (Å²) in [5.74, 6) is -1.13. The van der Waals surface area contributed by atoms with E-state index in [0.717, 1.165) is 0 Å². The Balaban J connectivity index is 1.95. The van der Waals surface area contributed by atoms with Gasteiger partial charge < -0.3 is 29.0 Å². The van der Waals surface area contributed by atoms with Gasteiger partial charge in [0.2, 0.25) is 5.78 Å². The van der Waals surface area contributed by atoms with Crippen molar-refractivity contribution in [2.45, 2.75) is 13.0 Å². The Morgan fingerprint density at radius 3 is 2.59 bits per heavy atom. The zero-order valence-corrected chi connectivity index (χ0v) is 16.0. The van der Waals surface area contributed by atoms with Gasteiger partial charge in [0.1, 0.15) is 5.75 Å². The number of ether oxygens (including phenoxy) is 2. The van der Waals surface area contributed by atoms with Crippen LogP contribution in [-0.4, -0.2) is 59.8 Å². The molecule has 0 spiro atoms. The van der Waals surface area contributed by atoms with Crippen molar-refractivity contribution in [3.05, 3.63) is 65.3 Å². The van der Waals surface area contributed by atoms with Gasteiger partial charge in [-0.1, -0.05) is 12.1 Å². The zero-order valence-electron chi connectivity index (χ0n) is 16.0. The number of carbonyl (C=O) groups is 2. The maximum Gasteiger partial charge on any atom is 0.290 e. The minimum atomic E-state index is -0.798. The van der Waals surface area contributed by atoms with Crippen molar-refractivity contribution in [3.63, 3.8) is 0 Å². The van der Waals surface area contributed by atoms with Crippen LogP contribution in [0.2, 0.25) is 0 Å². The smallest absolute Gasteiger partial charge is 0.290 e. The standard InChI is InChI=1S/C21H23NO7/c1-2-28-15-7-5-14(6-8-15)18-17(19(24)16-4-3-11-29-16)20(25)21(26)22(18)9-12-27-13-10-23/h3-8,11,18,23,25H,2,9-10,12-13H2,1H3/t18-/m0/s1. The van der Waals surface area contributed by atoms with Gasteiger partial charge in [-0.25, -0.2) is 0 Å². The molecule has 3 rings (SSSR count). The van der Waals surface area contributed by atoms with Crippen molar-refractivity contribution in [1.29, 1.82) is 0 Å². The fourth-order valence-electron chi connectivity index (χ4n) is 3.25. The lowest BCUT2D eigenvalue weighted by atomic mass is 9.95. The van der Waals surface area contributed by atoms with Gasteiger partial charge in [-0.2, -0.15) is 0 Å². The maximum atomic E-state index is 13.0. The number of nitrogens with zero attached hydrogens (tertiary/aromatic N) is 1. The van der Waals surface area contributed by atoms with Gasteiger partial charge in [0, 0.05) is 6.54 Å². The van der Waals surface area contributed by atoms with Crippen LogP contribution in [0.1, 0.15) is 29.1 Å². The first-order valence-electron chi connectivity index (χ1n) is 9.32. The van der Waals surface area contributed by atoms with Crippen LogP contribution in [0.5, 0.6) is 5.75 Å². The monoisotopic (exact) mass is 401 g/mol. The summed E-state index contributed by atoms with van der Waals surface area (Å²) in [6.07, 6.45) is 1.36. The van der Waals surface area contributed by atoms with E-state index in [-0.39, 0.29) is 37.7 Å². The van der Waals surface area contributed by atoms with Crippen molar-refractivity contribution in [3.8, 4) is 5.75 Å². The first kappa shape index (κ1) is 20.6. The summed E-state index contributed by atoms with van der Waals surface area (Å²) in [5.41, 5.74) is 0.596. The third-order valence-corrected chi connectivity index (χ3v) is 4.51. The lowest BCUT2D eigenvalue weighted by Gasteiger charge is -2.26. The summed E-state index contributed by atoms with van der Waals surface area (Å²) in [6.45, 7) is 2.66. The van der Waals surface area contributed by atoms with E-state index in [1.54, 1.807) is 30.3 Å². The Hall–Kier alpha value is -3.10. The molecule has 1 aromatic carbocycles. The highest BCUT2D eigenvalue weighted by atomic mass is 16.5. The Morgan fingerprint density at radius 1 is 1.21 bits per heavy atom. The predicted molar refractivity (Wildman–Crippen MR) is 103 cm³/mol. The van der Waals surface area contributed by atoms with Gasteiger partial charge in [-0.15, -0.1) is 0 Å². The number of Topliss-reactive ketones (excluding diaryl/α,β-unsaturated/α-hetero) is 1. The highest BCUT2D eigenvalue weighted by Gasteiger charge is 2.44. The molecule has 0 bridgehead atoms. The van der Waals surface area contributed by atoms with Crippen LogP contribution in [0.3, 0.4) is 0 Å². The molecule has 154 valence electrons. The normalized spacial score (nSPS) is 16.6. The molecule has 2 N–H and O–H groups in total. The number of ketones is 1. The van der Waals surface area contributed by atoms with Gasteiger partial charge in [-0.05, 0) is 36.8 Å². The highest BCUT2D eigenvalue weighted by Crippen LogP contribution is 2.39. The predicted octanol–water partition coefficient (Wildman–Crippen LogP) is 2.27. The third-order valence-electron chi connectivity index (χ3n) is 4.51. The molecule has 29 heavy (non-hydrogen) atoms. The van der Waals surface area contributed by atoms with Crippen LogP contribution in [0.15, 0.2) is 58.4 Å². The zero-order chi connectivity index (χ0) is 20.8. The van der Waals surface area contributed by atoms with Gasteiger partial charge in [0.15, 0.2) is 11.5 Å². The van der Waals surface area contributed by atoms with E-state index in [0.29, 0.717) is 17.9 Å². The van der Waals surface area contributed by atoms with E-state index in [9.17, 15) is 14.7 Å². The van der Waals surface area contributed by atoms with E-state index < -0.39 is 23.5 Å². The second-order valence-electron chi connectivity index (χ2n) is 6.31. The molecule has 0 saturated heterocycles. The number of hydrogen-bond acceptors (Lipinski definition) is 7. The molecule has 0 aliphatic carbocycles. The van der Waals surface area contributed by atoms with E-state index >= 15 is 0 Å². The molecule has 1 aliphatic rings. The van der Waals surface area contributed by atoms with Crippen molar-refractivity contribution in [2.24, 2.45) is 0 Å². The van der Waals surface area contributed by atoms with Crippen molar-refractivity contribution < 1.29 is 33.7 Å². The van der Waals surface area contributed by atoms with Gasteiger partial charge in [0.05, 0.1) is 44.3 Å². The maximum absolute atomic E-state index is 13.0. The minimum Gasteiger partial charge on any atom is -0.503 e. The Kier molecular flexibility index (Phi) is 6.69. The topological polar surface area (TPSA) is 109 Å². The fraction of sp³-hybridized carbons (Fsp3) is 0.333.